The van der Waals surface area contributed by atoms with Crippen molar-refractivity contribution in [2.24, 2.45) is 5.73 Å². The predicted octanol–water partition coefficient (Wildman–Crippen LogP) is 2.76. The zero-order chi connectivity index (χ0) is 16.4. The fourth-order valence-corrected chi connectivity index (χ4v) is 2.86. The van der Waals surface area contributed by atoms with Crippen LogP contribution in [0.4, 0.5) is 18.9 Å². The van der Waals surface area contributed by atoms with Crippen molar-refractivity contribution >= 4 is 48.8 Å². The van der Waals surface area contributed by atoms with Crippen LogP contribution >= 0.6 is 28.1 Å². The SMILES string of the molecule is CC(C(N)=S)S(=O)(=O)Nc1ccc(Br)cc1OC(F)(F)F. The summed E-state index contributed by atoms with van der Waals surface area (Å²) in [5.41, 5.74) is 4.86. The van der Waals surface area contributed by atoms with Gasteiger partial charge in [-0.15, -0.1) is 13.2 Å². The number of ether oxygens (including phenoxy) is 1. The second-order valence-electron chi connectivity index (χ2n) is 3.88. The van der Waals surface area contributed by atoms with Gasteiger partial charge in [-0.3, -0.25) is 4.72 Å². The maximum Gasteiger partial charge on any atom is 0.573 e. The summed E-state index contributed by atoms with van der Waals surface area (Å²) < 4.78 is 66.8. The van der Waals surface area contributed by atoms with E-state index < -0.39 is 27.4 Å². The molecule has 21 heavy (non-hydrogen) atoms. The highest BCUT2D eigenvalue weighted by atomic mass is 79.9. The lowest BCUT2D eigenvalue weighted by Gasteiger charge is -2.17. The largest absolute Gasteiger partial charge is 0.573 e. The van der Waals surface area contributed by atoms with Gasteiger partial charge in [0.05, 0.1) is 10.7 Å². The normalized spacial score (nSPS) is 13.6. The van der Waals surface area contributed by atoms with Crippen molar-refractivity contribution in [3.63, 3.8) is 0 Å². The lowest BCUT2D eigenvalue weighted by Crippen LogP contribution is -2.35. The van der Waals surface area contributed by atoms with Gasteiger partial charge in [-0.05, 0) is 25.1 Å². The van der Waals surface area contributed by atoms with E-state index in [-0.39, 0.29) is 15.1 Å². The molecule has 0 saturated heterocycles. The number of sulfonamides is 1. The molecule has 0 fully saturated rings. The molecular formula is C10H10BrF3N2O3S2. The van der Waals surface area contributed by atoms with E-state index in [4.69, 9.17) is 5.73 Å². The first kappa shape index (κ1) is 18.0. The number of hydrogen-bond acceptors (Lipinski definition) is 4. The molecule has 0 aromatic heterocycles. The Morgan fingerprint density at radius 2 is 2.05 bits per heavy atom. The summed E-state index contributed by atoms with van der Waals surface area (Å²) >= 11 is 7.53. The molecule has 0 aliphatic heterocycles. The van der Waals surface area contributed by atoms with Gasteiger partial charge in [-0.25, -0.2) is 8.42 Å². The number of alkyl halides is 3. The summed E-state index contributed by atoms with van der Waals surface area (Å²) in [7, 11) is -4.08. The first-order valence-corrected chi connectivity index (χ1v) is 8.03. The molecule has 0 spiro atoms. The van der Waals surface area contributed by atoms with Gasteiger partial charge in [0, 0.05) is 4.47 Å². The molecule has 1 rings (SSSR count). The molecule has 0 radical (unpaired) electrons. The Kier molecular flexibility index (Phi) is 5.45. The highest BCUT2D eigenvalue weighted by molar-refractivity contribution is 9.10. The van der Waals surface area contributed by atoms with Gasteiger partial charge in [0.1, 0.15) is 5.25 Å². The highest BCUT2D eigenvalue weighted by Crippen LogP contribution is 2.33. The van der Waals surface area contributed by atoms with Crippen LogP contribution < -0.4 is 15.2 Å². The van der Waals surface area contributed by atoms with Gasteiger partial charge >= 0.3 is 6.36 Å². The van der Waals surface area contributed by atoms with Gasteiger partial charge in [-0.2, -0.15) is 0 Å². The van der Waals surface area contributed by atoms with Crippen molar-refractivity contribution < 1.29 is 26.3 Å². The maximum absolute atomic E-state index is 12.3. The third-order valence-electron chi connectivity index (χ3n) is 2.29. The van der Waals surface area contributed by atoms with Crippen LogP contribution in [-0.4, -0.2) is 25.0 Å². The van der Waals surface area contributed by atoms with E-state index in [0.717, 1.165) is 12.1 Å². The molecule has 1 aromatic carbocycles. The van der Waals surface area contributed by atoms with E-state index in [1.165, 1.54) is 13.0 Å². The second-order valence-corrected chi connectivity index (χ2v) is 7.27. The summed E-state index contributed by atoms with van der Waals surface area (Å²) in [5, 5.41) is -1.25. The van der Waals surface area contributed by atoms with E-state index in [1.54, 1.807) is 0 Å². The van der Waals surface area contributed by atoms with Crippen LogP contribution in [0.1, 0.15) is 6.92 Å². The van der Waals surface area contributed by atoms with Crippen molar-refractivity contribution in [1.82, 2.24) is 0 Å². The van der Waals surface area contributed by atoms with Crippen LogP contribution in [-0.2, 0) is 10.0 Å². The van der Waals surface area contributed by atoms with Crippen LogP contribution in [0.5, 0.6) is 5.75 Å². The van der Waals surface area contributed by atoms with Crippen LogP contribution in [0.2, 0.25) is 0 Å². The Balaban J connectivity index is 3.17. The Morgan fingerprint density at radius 1 is 1.48 bits per heavy atom. The summed E-state index contributed by atoms with van der Waals surface area (Å²) in [5.74, 6) is -0.699. The third-order valence-corrected chi connectivity index (χ3v) is 4.97. The number of anilines is 1. The molecule has 0 aliphatic rings. The summed E-state index contributed by atoms with van der Waals surface area (Å²) in [6.07, 6.45) is -4.96. The number of thiocarbonyl (C=S) groups is 1. The lowest BCUT2D eigenvalue weighted by atomic mass is 10.3. The van der Waals surface area contributed by atoms with Crippen molar-refractivity contribution in [3.05, 3.63) is 22.7 Å². The fourth-order valence-electron chi connectivity index (χ4n) is 1.18. The minimum Gasteiger partial charge on any atom is -0.403 e. The van der Waals surface area contributed by atoms with Gasteiger partial charge in [0.25, 0.3) is 0 Å². The molecule has 0 heterocycles. The number of hydrogen-bond donors (Lipinski definition) is 2. The van der Waals surface area contributed by atoms with Crippen molar-refractivity contribution in [1.29, 1.82) is 0 Å². The monoisotopic (exact) mass is 406 g/mol. The van der Waals surface area contributed by atoms with E-state index in [9.17, 15) is 21.6 Å². The Morgan fingerprint density at radius 3 is 2.52 bits per heavy atom. The van der Waals surface area contributed by atoms with Crippen LogP contribution in [0, 0.1) is 0 Å². The third kappa shape index (κ3) is 5.32. The van der Waals surface area contributed by atoms with Crippen LogP contribution in [0.25, 0.3) is 0 Å². The Bertz CT molecular complexity index is 649. The molecule has 0 bridgehead atoms. The van der Waals surface area contributed by atoms with E-state index in [1.807, 2.05) is 4.72 Å². The number of halogens is 4. The van der Waals surface area contributed by atoms with Gasteiger partial charge < -0.3 is 10.5 Å². The van der Waals surface area contributed by atoms with Gasteiger partial charge in [0.15, 0.2) is 5.75 Å². The molecule has 0 saturated carbocycles. The molecule has 0 amide bonds. The smallest absolute Gasteiger partial charge is 0.403 e. The van der Waals surface area contributed by atoms with E-state index in [2.05, 4.69) is 32.9 Å². The topological polar surface area (TPSA) is 81.4 Å². The molecule has 1 unspecified atom stereocenters. The highest BCUT2D eigenvalue weighted by Gasteiger charge is 2.33. The summed E-state index contributed by atoms with van der Waals surface area (Å²) in [6, 6.07) is 3.46. The van der Waals surface area contributed by atoms with E-state index in [0.29, 0.717) is 0 Å². The summed E-state index contributed by atoms with van der Waals surface area (Å²) in [6.45, 7) is 1.22. The lowest BCUT2D eigenvalue weighted by molar-refractivity contribution is -0.274. The zero-order valence-electron chi connectivity index (χ0n) is 10.4. The predicted molar refractivity (Wildman–Crippen MR) is 79.6 cm³/mol. The number of benzene rings is 1. The standard InChI is InChI=1S/C10H10BrF3N2O3S2/c1-5(9(15)20)21(17,18)16-7-3-2-6(11)4-8(7)19-10(12,13)14/h2-5,16H,1H3,(H2,15,20). The first-order chi connectivity index (χ1) is 9.42. The summed E-state index contributed by atoms with van der Waals surface area (Å²) in [4.78, 5) is -0.307. The minimum absolute atomic E-state index is 0.284. The average molecular weight is 407 g/mol. The molecule has 11 heteroatoms. The van der Waals surface area contributed by atoms with Gasteiger partial charge in [-0.1, -0.05) is 28.1 Å². The molecule has 1 aromatic rings. The van der Waals surface area contributed by atoms with Crippen LogP contribution in [0.15, 0.2) is 22.7 Å². The molecule has 3 N–H and O–H groups in total. The number of nitrogens with two attached hydrogens (primary N) is 1. The quantitative estimate of drug-likeness (QED) is 0.734. The maximum atomic E-state index is 12.3. The van der Waals surface area contributed by atoms with Gasteiger partial charge in [0.2, 0.25) is 10.0 Å². The molecule has 1 atom stereocenters. The van der Waals surface area contributed by atoms with Crippen molar-refractivity contribution in [2.75, 3.05) is 4.72 Å². The molecule has 118 valence electrons. The van der Waals surface area contributed by atoms with E-state index >= 15 is 0 Å². The molecule has 0 aliphatic carbocycles. The van der Waals surface area contributed by atoms with Crippen molar-refractivity contribution in [2.45, 2.75) is 18.5 Å². The molecule has 5 nitrogen and oxygen atoms in total. The Labute approximate surface area is 132 Å². The average Bonchev–Trinajstić information content (AvgIpc) is 2.29. The number of nitrogens with one attached hydrogen (secondary N) is 1. The van der Waals surface area contributed by atoms with Crippen LogP contribution in [0.3, 0.4) is 0 Å². The Hall–Kier alpha value is -1.07. The zero-order valence-corrected chi connectivity index (χ0v) is 13.7. The fraction of sp³-hybridized carbons (Fsp3) is 0.300. The second kappa shape index (κ2) is 6.36. The molecular weight excluding hydrogens is 397 g/mol. The minimum atomic E-state index is -4.96. The number of rotatable bonds is 5. The first-order valence-electron chi connectivity index (χ1n) is 5.28. The van der Waals surface area contributed by atoms with Crippen molar-refractivity contribution in [3.8, 4) is 5.75 Å².